The van der Waals surface area contributed by atoms with E-state index < -0.39 is 10.0 Å². The number of hydrogen-bond donors (Lipinski definition) is 1. The minimum Gasteiger partial charge on any atom is -0.448 e. The summed E-state index contributed by atoms with van der Waals surface area (Å²) in [5, 5.41) is 7.20. The molecule has 3 heterocycles. The van der Waals surface area contributed by atoms with E-state index in [9.17, 15) is 8.42 Å². The van der Waals surface area contributed by atoms with Gasteiger partial charge in [-0.25, -0.2) is 12.7 Å². The lowest BCUT2D eigenvalue weighted by Gasteiger charge is -2.30. The van der Waals surface area contributed by atoms with E-state index in [0.29, 0.717) is 17.1 Å². The summed E-state index contributed by atoms with van der Waals surface area (Å²) in [7, 11) is 1.25. The van der Waals surface area contributed by atoms with E-state index in [1.165, 1.54) is 20.2 Å². The highest BCUT2D eigenvalue weighted by Gasteiger charge is 2.28. The summed E-state index contributed by atoms with van der Waals surface area (Å²) in [6, 6.07) is 1.44. The van der Waals surface area contributed by atoms with Crippen molar-refractivity contribution in [3.63, 3.8) is 0 Å². The van der Waals surface area contributed by atoms with Crippen LogP contribution in [0.1, 0.15) is 17.6 Å². The molecule has 132 valence electrons. The molecule has 0 spiro atoms. The van der Waals surface area contributed by atoms with Crippen LogP contribution in [0.25, 0.3) is 11.5 Å². The van der Waals surface area contributed by atoms with Gasteiger partial charge in [0.2, 0.25) is 5.09 Å². The van der Waals surface area contributed by atoms with Gasteiger partial charge in [0.05, 0.1) is 11.6 Å². The van der Waals surface area contributed by atoms with Gasteiger partial charge in [0, 0.05) is 39.8 Å². The third-order valence-electron chi connectivity index (χ3n) is 4.11. The van der Waals surface area contributed by atoms with Gasteiger partial charge in [-0.15, -0.1) is 0 Å². The van der Waals surface area contributed by atoms with Gasteiger partial charge in [0.25, 0.3) is 15.9 Å². The molecule has 1 saturated heterocycles. The van der Waals surface area contributed by atoms with Crippen molar-refractivity contribution in [2.45, 2.75) is 18.1 Å². The summed E-state index contributed by atoms with van der Waals surface area (Å²) in [4.78, 5) is 6.58. The first-order valence-electron chi connectivity index (χ1n) is 7.58. The van der Waals surface area contributed by atoms with Crippen molar-refractivity contribution >= 4 is 10.0 Å². The summed E-state index contributed by atoms with van der Waals surface area (Å²) in [6.07, 6.45) is 0. The highest BCUT2D eigenvalue weighted by Crippen LogP contribution is 2.30. The van der Waals surface area contributed by atoms with Gasteiger partial charge in [0.15, 0.2) is 5.82 Å². The van der Waals surface area contributed by atoms with Crippen LogP contribution in [0.2, 0.25) is 0 Å². The van der Waals surface area contributed by atoms with Crippen LogP contribution in [0, 0.1) is 6.92 Å². The molecule has 9 nitrogen and oxygen atoms in total. The molecule has 0 saturated carbocycles. The van der Waals surface area contributed by atoms with E-state index in [2.05, 4.69) is 20.4 Å². The molecule has 0 radical (unpaired) electrons. The topological polar surface area (TPSA) is 105 Å². The van der Waals surface area contributed by atoms with Crippen LogP contribution in [0.15, 0.2) is 20.1 Å². The van der Waals surface area contributed by atoms with Crippen LogP contribution < -0.4 is 5.32 Å². The second-order valence-electron chi connectivity index (χ2n) is 5.98. The highest BCUT2D eigenvalue weighted by molar-refractivity contribution is 7.88. The zero-order valence-corrected chi connectivity index (χ0v) is 14.9. The zero-order valence-electron chi connectivity index (χ0n) is 14.1. The second kappa shape index (κ2) is 6.28. The lowest BCUT2D eigenvalue weighted by Crippen LogP contribution is -2.44. The van der Waals surface area contributed by atoms with Crippen molar-refractivity contribution in [1.29, 1.82) is 0 Å². The monoisotopic (exact) mass is 355 g/mol. The molecule has 24 heavy (non-hydrogen) atoms. The Bertz CT molecular complexity index is 826. The number of sulfonamides is 1. The lowest BCUT2D eigenvalue weighted by atomic mass is 10.2. The number of nitrogens with zero attached hydrogens (tertiary/aromatic N) is 4. The Hall–Kier alpha value is -1.75. The predicted molar refractivity (Wildman–Crippen MR) is 85.9 cm³/mol. The Labute approximate surface area is 140 Å². The Morgan fingerprint density at radius 3 is 2.83 bits per heavy atom. The first-order chi connectivity index (χ1) is 11.3. The Kier molecular flexibility index (Phi) is 4.47. The van der Waals surface area contributed by atoms with Gasteiger partial charge in [-0.1, -0.05) is 5.16 Å². The summed E-state index contributed by atoms with van der Waals surface area (Å²) in [5.74, 6) is 1.24. The van der Waals surface area contributed by atoms with Crippen LogP contribution in [-0.2, 0) is 10.0 Å². The number of aryl methyl sites for hydroxylation is 1. The van der Waals surface area contributed by atoms with Crippen LogP contribution in [0.5, 0.6) is 0 Å². The minimum atomic E-state index is -3.65. The van der Waals surface area contributed by atoms with Gasteiger partial charge in [-0.05, 0) is 14.0 Å². The number of likely N-dealkylation sites (N-methyl/N-ethyl adjacent to an activating group) is 1. The first kappa shape index (κ1) is 17.1. The van der Waals surface area contributed by atoms with E-state index in [0.717, 1.165) is 23.9 Å². The van der Waals surface area contributed by atoms with E-state index in [1.54, 1.807) is 6.92 Å². The number of furan rings is 1. The molecule has 10 heteroatoms. The molecule has 3 rings (SSSR count). The minimum absolute atomic E-state index is 0.0217. The van der Waals surface area contributed by atoms with Crippen molar-refractivity contribution in [3.05, 3.63) is 17.7 Å². The molecule has 1 atom stereocenters. The number of piperazine rings is 1. The smallest absolute Gasteiger partial charge is 0.275 e. The lowest BCUT2D eigenvalue weighted by molar-refractivity contribution is 0.190. The van der Waals surface area contributed by atoms with E-state index in [4.69, 9.17) is 8.94 Å². The molecule has 1 fully saturated rings. The van der Waals surface area contributed by atoms with Crippen LogP contribution >= 0.6 is 0 Å². The molecular weight excluding hydrogens is 334 g/mol. The van der Waals surface area contributed by atoms with Crippen LogP contribution in [-0.4, -0.2) is 68.5 Å². The number of rotatable bonds is 4. The van der Waals surface area contributed by atoms with Gasteiger partial charge < -0.3 is 14.3 Å². The average Bonchev–Trinajstić information content (AvgIpc) is 3.14. The maximum absolute atomic E-state index is 12.2. The Balaban J connectivity index is 1.92. The average molecular weight is 355 g/mol. The number of hydrogen-bond acceptors (Lipinski definition) is 8. The molecule has 0 bridgehead atoms. The Morgan fingerprint density at radius 1 is 1.42 bits per heavy atom. The predicted octanol–water partition coefficient (Wildman–Crippen LogP) is 0.464. The molecular formula is C14H21N5O4S. The van der Waals surface area contributed by atoms with Gasteiger partial charge in [-0.3, -0.25) is 4.90 Å². The van der Waals surface area contributed by atoms with E-state index >= 15 is 0 Å². The number of aromatic nitrogens is 2. The van der Waals surface area contributed by atoms with Crippen molar-refractivity contribution < 1.29 is 17.4 Å². The molecule has 0 amide bonds. The molecule has 0 aromatic carbocycles. The van der Waals surface area contributed by atoms with Gasteiger partial charge in [-0.2, -0.15) is 4.98 Å². The quantitative estimate of drug-likeness (QED) is 0.844. The third kappa shape index (κ3) is 2.97. The fourth-order valence-corrected chi connectivity index (χ4v) is 3.41. The normalized spacial score (nSPS) is 20.0. The van der Waals surface area contributed by atoms with Crippen LogP contribution in [0.3, 0.4) is 0 Å². The summed E-state index contributed by atoms with van der Waals surface area (Å²) >= 11 is 0. The molecule has 1 unspecified atom stereocenters. The third-order valence-corrected chi connectivity index (χ3v) is 5.78. The van der Waals surface area contributed by atoms with Gasteiger partial charge in [0.1, 0.15) is 5.76 Å². The summed E-state index contributed by atoms with van der Waals surface area (Å²) in [6.45, 7) is 4.22. The summed E-state index contributed by atoms with van der Waals surface area (Å²) < 4.78 is 36.2. The molecule has 2 aromatic heterocycles. The number of nitrogens with one attached hydrogen (secondary N) is 1. The standard InChI is InChI=1S/C14H21N5O4S/c1-9-10(7-12(22-9)24(20,21)18(2)3)14-16-13(17-23-14)11-8-15-5-6-19(11)4/h7,11,15H,5-6,8H2,1-4H3. The molecule has 1 aliphatic heterocycles. The zero-order chi connectivity index (χ0) is 17.5. The molecule has 0 aliphatic carbocycles. The maximum atomic E-state index is 12.2. The van der Waals surface area contributed by atoms with Gasteiger partial charge >= 0.3 is 0 Å². The Morgan fingerprint density at radius 2 is 2.17 bits per heavy atom. The largest absolute Gasteiger partial charge is 0.448 e. The van der Waals surface area contributed by atoms with E-state index in [1.807, 2.05) is 7.05 Å². The van der Waals surface area contributed by atoms with Crippen molar-refractivity contribution in [3.8, 4) is 11.5 Å². The SMILES string of the molecule is Cc1oc(S(=O)(=O)N(C)C)cc1-c1nc(C2CNCCN2C)no1. The molecule has 2 aromatic rings. The van der Waals surface area contributed by atoms with Crippen molar-refractivity contribution in [2.24, 2.45) is 0 Å². The summed E-state index contributed by atoms with van der Waals surface area (Å²) in [5.41, 5.74) is 0.487. The van der Waals surface area contributed by atoms with Crippen LogP contribution in [0.4, 0.5) is 0 Å². The highest BCUT2D eigenvalue weighted by atomic mass is 32.2. The van der Waals surface area contributed by atoms with Crippen molar-refractivity contribution in [1.82, 2.24) is 24.7 Å². The fraction of sp³-hybridized carbons (Fsp3) is 0.571. The molecule has 1 N–H and O–H groups in total. The first-order valence-corrected chi connectivity index (χ1v) is 9.02. The maximum Gasteiger partial charge on any atom is 0.275 e. The molecule has 1 aliphatic rings. The fourth-order valence-electron chi connectivity index (χ4n) is 2.55. The van der Waals surface area contributed by atoms with Crippen molar-refractivity contribution in [2.75, 3.05) is 40.8 Å². The second-order valence-corrected chi connectivity index (χ2v) is 8.06. The van der Waals surface area contributed by atoms with E-state index in [-0.39, 0.29) is 17.0 Å².